The predicted molar refractivity (Wildman–Crippen MR) is 89.6 cm³/mol. The first-order valence-corrected chi connectivity index (χ1v) is 8.86. The normalized spacial score (nSPS) is 19.6. The number of carboxylic acids is 1. The van der Waals surface area contributed by atoms with E-state index < -0.39 is 29.9 Å². The van der Waals surface area contributed by atoms with E-state index in [2.05, 4.69) is 5.10 Å². The van der Waals surface area contributed by atoms with Gasteiger partial charge in [-0.2, -0.15) is 18.3 Å². The average Bonchev–Trinajstić information content (AvgIpc) is 3.12. The van der Waals surface area contributed by atoms with Gasteiger partial charge < -0.3 is 9.84 Å². The molecule has 0 saturated carbocycles. The highest BCUT2D eigenvalue weighted by Crippen LogP contribution is 2.44. The monoisotopic (exact) mass is 404 g/mol. The van der Waals surface area contributed by atoms with Crippen molar-refractivity contribution in [2.24, 2.45) is 13.0 Å². The molecule has 146 valence electrons. The topological polar surface area (TPSA) is 64.4 Å². The number of aliphatic carboxylic acids is 1. The van der Waals surface area contributed by atoms with Gasteiger partial charge in [-0.15, -0.1) is 11.3 Å². The third-order valence-electron chi connectivity index (χ3n) is 4.37. The Morgan fingerprint density at radius 2 is 2.15 bits per heavy atom. The Kier molecular flexibility index (Phi) is 5.02. The lowest BCUT2D eigenvalue weighted by Crippen LogP contribution is -2.17. The van der Waals surface area contributed by atoms with Gasteiger partial charge in [-0.25, -0.2) is 4.39 Å². The quantitative estimate of drug-likeness (QED) is 0.753. The molecule has 27 heavy (non-hydrogen) atoms. The summed E-state index contributed by atoms with van der Waals surface area (Å²) in [5.41, 5.74) is -0.0355. The lowest BCUT2D eigenvalue weighted by Gasteiger charge is -2.25. The number of thiophene rings is 1. The minimum absolute atomic E-state index is 0.189. The van der Waals surface area contributed by atoms with Gasteiger partial charge in [0.25, 0.3) is 0 Å². The molecule has 1 N–H and O–H groups in total. The second-order valence-corrected chi connectivity index (χ2v) is 7.19. The molecule has 2 aromatic rings. The van der Waals surface area contributed by atoms with Crippen LogP contribution in [0.3, 0.4) is 0 Å². The van der Waals surface area contributed by atoms with Crippen LogP contribution < -0.4 is 0 Å². The number of hydrogen-bond donors (Lipinski definition) is 1. The van der Waals surface area contributed by atoms with Crippen LogP contribution >= 0.6 is 11.3 Å². The fourth-order valence-corrected chi connectivity index (χ4v) is 3.94. The molecule has 0 aromatic carbocycles. The van der Waals surface area contributed by atoms with Crippen molar-refractivity contribution in [3.8, 4) is 0 Å². The number of carbonyl (C=O) groups is 1. The lowest BCUT2D eigenvalue weighted by atomic mass is 9.89. The maximum Gasteiger partial charge on any atom is 0.435 e. The molecule has 0 fully saturated rings. The lowest BCUT2D eigenvalue weighted by molar-refractivity contribution is -0.141. The van der Waals surface area contributed by atoms with Crippen LogP contribution in [0.15, 0.2) is 17.2 Å². The minimum atomic E-state index is -4.55. The van der Waals surface area contributed by atoms with E-state index in [0.717, 1.165) is 10.7 Å². The van der Waals surface area contributed by atoms with E-state index >= 15 is 0 Å². The number of fused-ring (bicyclic) bond motifs is 1. The number of allylic oxidation sites excluding steroid dienone is 1. The summed E-state index contributed by atoms with van der Waals surface area (Å²) in [4.78, 5) is 11.5. The smallest absolute Gasteiger partial charge is 0.435 e. The highest BCUT2D eigenvalue weighted by atomic mass is 32.1. The van der Waals surface area contributed by atoms with Crippen LogP contribution in [0.5, 0.6) is 0 Å². The summed E-state index contributed by atoms with van der Waals surface area (Å²) in [5, 5.41) is 14.0. The number of aryl methyl sites for hydroxylation is 1. The summed E-state index contributed by atoms with van der Waals surface area (Å²) in [6.45, 7) is 1.40. The zero-order valence-corrected chi connectivity index (χ0v) is 15.2. The van der Waals surface area contributed by atoms with Crippen molar-refractivity contribution in [1.82, 2.24) is 9.78 Å². The van der Waals surface area contributed by atoms with Crippen molar-refractivity contribution in [3.63, 3.8) is 0 Å². The summed E-state index contributed by atoms with van der Waals surface area (Å²) >= 11 is 1.21. The van der Waals surface area contributed by atoms with Crippen LogP contribution in [0.1, 0.15) is 40.5 Å². The summed E-state index contributed by atoms with van der Waals surface area (Å²) < 4.78 is 59.7. The van der Waals surface area contributed by atoms with E-state index in [1.165, 1.54) is 18.4 Å². The number of hydrogen-bond acceptors (Lipinski definition) is 4. The third-order valence-corrected chi connectivity index (χ3v) is 5.37. The van der Waals surface area contributed by atoms with Crippen LogP contribution in [0.25, 0.3) is 6.08 Å². The van der Waals surface area contributed by atoms with Crippen molar-refractivity contribution < 1.29 is 32.2 Å². The summed E-state index contributed by atoms with van der Waals surface area (Å²) in [5.74, 6) is -1.43. The Hall–Kier alpha value is -2.36. The van der Waals surface area contributed by atoms with Crippen molar-refractivity contribution in [2.75, 3.05) is 0 Å². The van der Waals surface area contributed by atoms with Gasteiger partial charge in [-0.1, -0.05) is 6.92 Å². The van der Waals surface area contributed by atoms with E-state index in [-0.39, 0.29) is 18.7 Å². The van der Waals surface area contributed by atoms with Gasteiger partial charge in [-0.05, 0) is 23.1 Å². The Balaban J connectivity index is 1.81. The summed E-state index contributed by atoms with van der Waals surface area (Å²) in [7, 11) is 1.38. The van der Waals surface area contributed by atoms with E-state index in [0.29, 0.717) is 21.8 Å². The van der Waals surface area contributed by atoms with Crippen LogP contribution in [0.2, 0.25) is 0 Å². The van der Waals surface area contributed by atoms with Gasteiger partial charge in [0.1, 0.15) is 18.5 Å². The molecular formula is C17H16F4N2O3S. The molecule has 0 aliphatic heterocycles. The Morgan fingerprint density at radius 3 is 2.74 bits per heavy atom. The van der Waals surface area contributed by atoms with Crippen molar-refractivity contribution in [3.05, 3.63) is 44.6 Å². The standard InChI is InChI=1S/C17H16F4N2O3S/c1-8-11(26-6-10-4-13(17(19,20)21)22-23(10)2)5-12-15(16(8)18)9(7-27-12)3-14(24)25/h4-5,7-8,16H,3,6H2,1-2H3,(H,24,25). The van der Waals surface area contributed by atoms with E-state index in [1.807, 2.05) is 0 Å². The molecule has 0 bridgehead atoms. The molecule has 1 aliphatic carbocycles. The zero-order chi connectivity index (χ0) is 19.9. The molecule has 3 rings (SSSR count). The second kappa shape index (κ2) is 6.99. The van der Waals surface area contributed by atoms with E-state index in [9.17, 15) is 22.4 Å². The van der Waals surface area contributed by atoms with Gasteiger partial charge in [0, 0.05) is 23.4 Å². The summed E-state index contributed by atoms with van der Waals surface area (Å²) in [6, 6.07) is 0.891. The first-order chi connectivity index (χ1) is 12.6. The van der Waals surface area contributed by atoms with Crippen LogP contribution in [0, 0.1) is 5.92 Å². The third kappa shape index (κ3) is 3.85. The number of rotatable bonds is 5. The fourth-order valence-electron chi connectivity index (χ4n) is 2.91. The number of ether oxygens (including phenoxy) is 1. The van der Waals surface area contributed by atoms with E-state index in [4.69, 9.17) is 9.84 Å². The molecule has 0 radical (unpaired) electrons. The van der Waals surface area contributed by atoms with Crippen LogP contribution in [-0.4, -0.2) is 20.9 Å². The Labute approximate surface area is 155 Å². The number of halogens is 4. The fraction of sp³-hybridized carbons (Fsp3) is 0.412. The second-order valence-electron chi connectivity index (χ2n) is 6.28. The number of nitrogens with zero attached hydrogens (tertiary/aromatic N) is 2. The Bertz CT molecular complexity index is 901. The van der Waals surface area contributed by atoms with Gasteiger partial charge in [-0.3, -0.25) is 9.48 Å². The maximum atomic E-state index is 14.9. The molecule has 5 nitrogen and oxygen atoms in total. The van der Waals surface area contributed by atoms with Crippen molar-refractivity contribution in [1.29, 1.82) is 0 Å². The number of carboxylic acid groups (broad SMARTS) is 1. The van der Waals surface area contributed by atoms with Crippen molar-refractivity contribution >= 4 is 23.4 Å². The number of alkyl halides is 4. The average molecular weight is 404 g/mol. The van der Waals surface area contributed by atoms with Crippen molar-refractivity contribution in [2.45, 2.75) is 32.3 Å². The molecule has 10 heteroatoms. The maximum absolute atomic E-state index is 14.9. The molecule has 2 unspecified atom stereocenters. The molecule has 2 atom stereocenters. The first-order valence-electron chi connectivity index (χ1n) is 7.98. The SMILES string of the molecule is CC1C(OCc2cc(C(F)(F)F)nn2C)=Cc2scc(CC(=O)O)c2C1F. The molecule has 0 amide bonds. The predicted octanol–water partition coefficient (Wildman–Crippen LogP) is 4.35. The highest BCUT2D eigenvalue weighted by molar-refractivity contribution is 7.11. The molecular weight excluding hydrogens is 388 g/mol. The summed E-state index contributed by atoms with van der Waals surface area (Å²) in [6.07, 6.45) is -4.65. The van der Waals surface area contributed by atoms with Gasteiger partial charge in [0.15, 0.2) is 5.69 Å². The molecule has 2 aromatic heterocycles. The minimum Gasteiger partial charge on any atom is -0.491 e. The highest BCUT2D eigenvalue weighted by Gasteiger charge is 2.36. The zero-order valence-electron chi connectivity index (χ0n) is 14.4. The number of aromatic nitrogens is 2. The van der Waals surface area contributed by atoms with Gasteiger partial charge in [0.2, 0.25) is 0 Å². The molecule has 0 spiro atoms. The van der Waals surface area contributed by atoms with Crippen LogP contribution in [-0.2, 0) is 35.8 Å². The largest absolute Gasteiger partial charge is 0.491 e. The molecule has 1 aliphatic rings. The van der Waals surface area contributed by atoms with Crippen LogP contribution in [0.4, 0.5) is 17.6 Å². The first kappa shape index (κ1) is 19.4. The van der Waals surface area contributed by atoms with E-state index in [1.54, 1.807) is 18.4 Å². The van der Waals surface area contributed by atoms with Gasteiger partial charge in [0.05, 0.1) is 12.1 Å². The molecule has 0 saturated heterocycles. The van der Waals surface area contributed by atoms with Gasteiger partial charge >= 0.3 is 12.1 Å². The Morgan fingerprint density at radius 1 is 1.44 bits per heavy atom. The molecule has 2 heterocycles.